The number of fused-ring (bicyclic) bond motifs is 5. The van der Waals surface area contributed by atoms with Crippen LogP contribution in [0.2, 0.25) is 0 Å². The lowest BCUT2D eigenvalue weighted by Crippen LogP contribution is -2.47. The van der Waals surface area contributed by atoms with Crippen LogP contribution in [0.25, 0.3) is 0 Å². The molecule has 112 valence electrons. The quantitative estimate of drug-likeness (QED) is 0.527. The predicted molar refractivity (Wildman–Crippen MR) is 85.4 cm³/mol. The molecule has 0 nitrogen and oxygen atoms in total. The fourth-order valence-electron chi connectivity index (χ4n) is 7.26. The molecule has 0 aliphatic heterocycles. The predicted octanol–water partition coefficient (Wildman–Crippen LogP) is 5.83. The van der Waals surface area contributed by atoms with Crippen molar-refractivity contribution < 1.29 is 0 Å². The van der Waals surface area contributed by atoms with E-state index in [0.717, 1.165) is 35.5 Å². The molecule has 0 saturated heterocycles. The van der Waals surface area contributed by atoms with Crippen molar-refractivity contribution in [2.45, 2.75) is 71.1 Å². The average Bonchev–Trinajstić information content (AvgIpc) is 2.83. The zero-order valence-electron chi connectivity index (χ0n) is 13.3. The van der Waals surface area contributed by atoms with Crippen LogP contribution in [0.15, 0.2) is 12.7 Å². The summed E-state index contributed by atoms with van der Waals surface area (Å²) in [6, 6.07) is 0. The van der Waals surface area contributed by atoms with Crippen molar-refractivity contribution in [2.75, 3.05) is 0 Å². The van der Waals surface area contributed by atoms with E-state index >= 15 is 0 Å². The SMILES string of the molecule is C=C[C@H]1CCC2C3CCC4CCCCC4C3CC[C@@]21C. The van der Waals surface area contributed by atoms with Gasteiger partial charge in [-0.1, -0.05) is 32.3 Å². The minimum absolute atomic E-state index is 0.615. The van der Waals surface area contributed by atoms with Crippen molar-refractivity contribution in [1.29, 1.82) is 0 Å². The van der Waals surface area contributed by atoms with Gasteiger partial charge in [0.2, 0.25) is 0 Å². The van der Waals surface area contributed by atoms with Gasteiger partial charge < -0.3 is 0 Å². The molecule has 0 heterocycles. The van der Waals surface area contributed by atoms with E-state index in [-0.39, 0.29) is 0 Å². The summed E-state index contributed by atoms with van der Waals surface area (Å²) in [5, 5.41) is 0. The Labute approximate surface area is 125 Å². The van der Waals surface area contributed by atoms with Gasteiger partial charge in [-0.2, -0.15) is 0 Å². The van der Waals surface area contributed by atoms with Crippen molar-refractivity contribution in [2.24, 2.45) is 40.9 Å². The van der Waals surface area contributed by atoms with Crippen LogP contribution in [0.1, 0.15) is 71.1 Å². The first-order valence-electron chi connectivity index (χ1n) is 9.36. The third-order valence-corrected chi connectivity index (χ3v) is 8.24. The van der Waals surface area contributed by atoms with Crippen LogP contribution in [0.4, 0.5) is 0 Å². The topological polar surface area (TPSA) is 0 Å². The molecule has 4 aliphatic rings. The van der Waals surface area contributed by atoms with Crippen molar-refractivity contribution in [3.63, 3.8) is 0 Å². The molecule has 4 fully saturated rings. The molecule has 0 radical (unpaired) electrons. The normalized spacial score (nSPS) is 54.6. The molecule has 0 bridgehead atoms. The Balaban J connectivity index is 1.59. The van der Waals surface area contributed by atoms with Gasteiger partial charge >= 0.3 is 0 Å². The molecular formula is C20H32. The standard InChI is InChI=1S/C20H32/c1-3-15-9-11-19-18-10-8-14-6-4-5-7-16(14)17(18)12-13-20(15,19)2/h3,14-19H,1,4-13H2,2H3/t14?,15-,16?,17?,18?,19?,20+/m0/s1. The second-order valence-electron chi connectivity index (χ2n) is 8.68. The van der Waals surface area contributed by atoms with Gasteiger partial charge in [0, 0.05) is 0 Å². The molecule has 0 aromatic heterocycles. The van der Waals surface area contributed by atoms with Crippen molar-refractivity contribution in [3.8, 4) is 0 Å². The molecule has 5 unspecified atom stereocenters. The van der Waals surface area contributed by atoms with Crippen LogP contribution in [0, 0.1) is 40.9 Å². The number of rotatable bonds is 1. The Hall–Kier alpha value is -0.260. The average molecular weight is 272 g/mol. The summed E-state index contributed by atoms with van der Waals surface area (Å²) in [4.78, 5) is 0. The van der Waals surface area contributed by atoms with E-state index in [1.165, 1.54) is 32.1 Å². The van der Waals surface area contributed by atoms with Gasteiger partial charge in [-0.25, -0.2) is 0 Å². The molecule has 7 atom stereocenters. The Morgan fingerprint density at radius 1 is 0.850 bits per heavy atom. The summed E-state index contributed by atoms with van der Waals surface area (Å²) in [5.74, 6) is 6.28. The van der Waals surface area contributed by atoms with Gasteiger partial charge in [0.1, 0.15) is 0 Å². The molecule has 0 aromatic rings. The molecule has 0 spiro atoms. The summed E-state index contributed by atoms with van der Waals surface area (Å²) in [6.07, 6.45) is 17.6. The molecular weight excluding hydrogens is 240 g/mol. The Bertz CT molecular complexity index is 383. The molecule has 20 heavy (non-hydrogen) atoms. The van der Waals surface area contributed by atoms with Gasteiger partial charge in [0.25, 0.3) is 0 Å². The van der Waals surface area contributed by atoms with Crippen LogP contribution in [0.5, 0.6) is 0 Å². The van der Waals surface area contributed by atoms with Gasteiger partial charge in [0.15, 0.2) is 0 Å². The van der Waals surface area contributed by atoms with Crippen LogP contribution in [0.3, 0.4) is 0 Å². The second kappa shape index (κ2) is 4.89. The highest BCUT2D eigenvalue weighted by atomic mass is 14.6. The van der Waals surface area contributed by atoms with Crippen molar-refractivity contribution in [1.82, 2.24) is 0 Å². The van der Waals surface area contributed by atoms with E-state index < -0.39 is 0 Å². The summed E-state index contributed by atoms with van der Waals surface area (Å²) in [6.45, 7) is 6.76. The maximum Gasteiger partial charge on any atom is -0.0179 e. The van der Waals surface area contributed by atoms with Crippen LogP contribution in [-0.2, 0) is 0 Å². The van der Waals surface area contributed by atoms with E-state index in [4.69, 9.17) is 0 Å². The molecule has 4 rings (SSSR count). The highest BCUT2D eigenvalue weighted by molar-refractivity contribution is 5.08. The molecule has 0 aromatic carbocycles. The molecule has 0 N–H and O–H groups in total. The lowest BCUT2D eigenvalue weighted by Gasteiger charge is -2.55. The van der Waals surface area contributed by atoms with E-state index in [9.17, 15) is 0 Å². The van der Waals surface area contributed by atoms with Crippen LogP contribution < -0.4 is 0 Å². The van der Waals surface area contributed by atoms with Crippen molar-refractivity contribution in [3.05, 3.63) is 12.7 Å². The lowest BCUT2D eigenvalue weighted by atomic mass is 9.50. The third-order valence-electron chi connectivity index (χ3n) is 8.24. The first-order chi connectivity index (χ1) is 9.74. The van der Waals surface area contributed by atoms with Crippen molar-refractivity contribution >= 4 is 0 Å². The van der Waals surface area contributed by atoms with E-state index in [2.05, 4.69) is 19.6 Å². The van der Waals surface area contributed by atoms with E-state index in [1.807, 2.05) is 0 Å². The number of hydrogen-bond donors (Lipinski definition) is 0. The second-order valence-corrected chi connectivity index (χ2v) is 8.68. The Kier molecular flexibility index (Phi) is 3.28. The van der Waals surface area contributed by atoms with Gasteiger partial charge in [-0.3, -0.25) is 0 Å². The fraction of sp³-hybridized carbons (Fsp3) is 0.900. The maximum atomic E-state index is 4.15. The largest absolute Gasteiger partial charge is 0.103 e. The molecule has 4 saturated carbocycles. The van der Waals surface area contributed by atoms with Crippen LogP contribution in [-0.4, -0.2) is 0 Å². The first kappa shape index (κ1) is 13.4. The summed E-state index contributed by atoms with van der Waals surface area (Å²) >= 11 is 0. The maximum absolute atomic E-state index is 4.15. The minimum Gasteiger partial charge on any atom is -0.103 e. The smallest absolute Gasteiger partial charge is 0.0179 e. The number of hydrogen-bond acceptors (Lipinski definition) is 0. The lowest BCUT2D eigenvalue weighted by molar-refractivity contribution is -0.0569. The van der Waals surface area contributed by atoms with E-state index in [1.54, 1.807) is 32.1 Å². The fourth-order valence-corrected chi connectivity index (χ4v) is 7.26. The summed E-state index contributed by atoms with van der Waals surface area (Å²) in [7, 11) is 0. The Morgan fingerprint density at radius 2 is 1.70 bits per heavy atom. The Morgan fingerprint density at radius 3 is 2.55 bits per heavy atom. The van der Waals surface area contributed by atoms with Gasteiger partial charge in [-0.15, -0.1) is 6.58 Å². The molecule has 0 amide bonds. The monoisotopic (exact) mass is 272 g/mol. The highest BCUT2D eigenvalue weighted by Crippen LogP contribution is 2.64. The summed E-state index contributed by atoms with van der Waals surface area (Å²) < 4.78 is 0. The van der Waals surface area contributed by atoms with Gasteiger partial charge in [0.05, 0.1) is 0 Å². The summed E-state index contributed by atoms with van der Waals surface area (Å²) in [5.41, 5.74) is 0.615. The number of allylic oxidation sites excluding steroid dienone is 1. The highest BCUT2D eigenvalue weighted by Gasteiger charge is 2.55. The molecule has 4 aliphatic carbocycles. The molecule has 0 heteroatoms. The third kappa shape index (κ3) is 1.79. The van der Waals surface area contributed by atoms with Crippen LogP contribution >= 0.6 is 0 Å². The van der Waals surface area contributed by atoms with E-state index in [0.29, 0.717) is 5.41 Å². The zero-order chi connectivity index (χ0) is 13.7. The first-order valence-corrected chi connectivity index (χ1v) is 9.36. The minimum atomic E-state index is 0.615. The van der Waals surface area contributed by atoms with Gasteiger partial charge in [-0.05, 0) is 85.9 Å². The zero-order valence-corrected chi connectivity index (χ0v) is 13.3.